The van der Waals surface area contributed by atoms with Gasteiger partial charge in [0.1, 0.15) is 30.3 Å². The van der Waals surface area contributed by atoms with Gasteiger partial charge in [0.2, 0.25) is 11.8 Å². The SMILES string of the molecule is CCC(NC(=O)[C@@H](NC(=O)OCc1ccccc1)c1ccccc1)C(O)C(=O)N[C@H](CC(C)C)C(=O)N[C@H](C(=O)OC(C)(C)C)C(C)C. The average Bonchev–Trinajstić information content (AvgIpc) is 3.02. The smallest absolute Gasteiger partial charge is 0.408 e. The average molecular weight is 669 g/mol. The van der Waals surface area contributed by atoms with Crippen LogP contribution in [0, 0.1) is 11.8 Å². The summed E-state index contributed by atoms with van der Waals surface area (Å²) < 4.78 is 10.8. The molecular weight excluding hydrogens is 616 g/mol. The number of amides is 4. The number of ether oxygens (including phenoxy) is 2. The van der Waals surface area contributed by atoms with Crippen LogP contribution in [0.2, 0.25) is 0 Å². The lowest BCUT2D eigenvalue weighted by molar-refractivity contribution is -0.160. The molecule has 0 aliphatic carbocycles. The Balaban J connectivity index is 2.16. The van der Waals surface area contributed by atoms with Gasteiger partial charge in [-0.3, -0.25) is 14.4 Å². The maximum Gasteiger partial charge on any atom is 0.408 e. The van der Waals surface area contributed by atoms with E-state index in [0.717, 1.165) is 5.56 Å². The first-order chi connectivity index (χ1) is 22.5. The summed E-state index contributed by atoms with van der Waals surface area (Å²) >= 11 is 0. The minimum atomic E-state index is -1.74. The summed E-state index contributed by atoms with van der Waals surface area (Å²) in [4.78, 5) is 65.8. The highest BCUT2D eigenvalue weighted by atomic mass is 16.6. The first-order valence-corrected chi connectivity index (χ1v) is 16.4. The zero-order valence-corrected chi connectivity index (χ0v) is 29.2. The second-order valence-electron chi connectivity index (χ2n) is 13.5. The number of aliphatic hydroxyl groups excluding tert-OH is 1. The summed E-state index contributed by atoms with van der Waals surface area (Å²) in [6.07, 6.45) is -2.20. The van der Waals surface area contributed by atoms with Crippen LogP contribution in [0.4, 0.5) is 4.79 Å². The van der Waals surface area contributed by atoms with Crippen LogP contribution >= 0.6 is 0 Å². The molecular formula is C36H52N4O8. The van der Waals surface area contributed by atoms with E-state index in [1.54, 1.807) is 84.0 Å². The van der Waals surface area contributed by atoms with Gasteiger partial charge >= 0.3 is 12.1 Å². The summed E-state index contributed by atoms with van der Waals surface area (Å²) in [5.74, 6) is -3.09. The number of aliphatic hydroxyl groups is 1. The first-order valence-electron chi connectivity index (χ1n) is 16.4. The fourth-order valence-electron chi connectivity index (χ4n) is 4.76. The van der Waals surface area contributed by atoms with Gasteiger partial charge in [-0.25, -0.2) is 9.59 Å². The molecule has 0 aromatic heterocycles. The third-order valence-electron chi connectivity index (χ3n) is 7.25. The fourth-order valence-corrected chi connectivity index (χ4v) is 4.76. The van der Waals surface area contributed by atoms with E-state index < -0.39 is 65.7 Å². The monoisotopic (exact) mass is 668 g/mol. The van der Waals surface area contributed by atoms with Crippen LogP contribution < -0.4 is 21.3 Å². The molecule has 5 N–H and O–H groups in total. The highest BCUT2D eigenvalue weighted by Crippen LogP contribution is 2.16. The van der Waals surface area contributed by atoms with E-state index in [2.05, 4.69) is 21.3 Å². The van der Waals surface area contributed by atoms with Gasteiger partial charge in [-0.1, -0.05) is 95.3 Å². The number of esters is 1. The van der Waals surface area contributed by atoms with Crippen LogP contribution in [-0.4, -0.2) is 64.7 Å². The Labute approximate surface area is 283 Å². The molecule has 0 radical (unpaired) electrons. The molecule has 264 valence electrons. The summed E-state index contributed by atoms with van der Waals surface area (Å²) in [6.45, 7) is 14.1. The van der Waals surface area contributed by atoms with Crippen molar-refractivity contribution in [2.24, 2.45) is 11.8 Å². The van der Waals surface area contributed by atoms with E-state index in [1.807, 2.05) is 32.0 Å². The summed E-state index contributed by atoms with van der Waals surface area (Å²) in [5, 5.41) is 21.6. The second-order valence-corrected chi connectivity index (χ2v) is 13.5. The van der Waals surface area contributed by atoms with E-state index >= 15 is 0 Å². The van der Waals surface area contributed by atoms with Crippen molar-refractivity contribution in [1.29, 1.82) is 0 Å². The van der Waals surface area contributed by atoms with Crippen molar-refractivity contribution in [2.45, 2.75) is 111 Å². The Kier molecular flexibility index (Phi) is 15.5. The Morgan fingerprint density at radius 2 is 1.35 bits per heavy atom. The number of hydrogen-bond donors (Lipinski definition) is 5. The van der Waals surface area contributed by atoms with Crippen molar-refractivity contribution in [2.75, 3.05) is 0 Å². The number of benzene rings is 2. The van der Waals surface area contributed by atoms with Gasteiger partial charge in [0.05, 0.1) is 6.04 Å². The predicted octanol–water partition coefficient (Wildman–Crippen LogP) is 3.92. The highest BCUT2D eigenvalue weighted by Gasteiger charge is 2.35. The highest BCUT2D eigenvalue weighted by molar-refractivity contribution is 5.93. The number of alkyl carbamates (subject to hydrolysis) is 1. The zero-order chi connectivity index (χ0) is 36.0. The first kappa shape index (κ1) is 39.7. The van der Waals surface area contributed by atoms with E-state index in [9.17, 15) is 29.1 Å². The number of carbonyl (C=O) groups is 5. The summed E-state index contributed by atoms with van der Waals surface area (Å²) in [6, 6.07) is 13.2. The molecule has 2 aromatic carbocycles. The Hall–Kier alpha value is -4.45. The van der Waals surface area contributed by atoms with Crippen molar-refractivity contribution in [3.05, 3.63) is 71.8 Å². The standard InChI is InChI=1S/C36H52N4O8/c1-9-26(37-32(43)29(25-18-14-11-15-19-25)40-35(46)47-21-24-16-12-10-13-17-24)30(41)33(44)38-27(20-22(2)3)31(42)39-28(23(4)5)34(45)48-36(6,7)8/h10-19,22-23,26-30,41H,9,20-21H2,1-8H3,(H,37,43)(H,38,44)(H,39,42)(H,40,46)/t26?,27-,28+,29+,30?/m1/s1. The molecule has 0 saturated carbocycles. The van der Waals surface area contributed by atoms with Crippen LogP contribution in [0.3, 0.4) is 0 Å². The molecule has 0 fully saturated rings. The molecule has 2 unspecified atom stereocenters. The van der Waals surface area contributed by atoms with E-state index in [4.69, 9.17) is 9.47 Å². The Morgan fingerprint density at radius 3 is 1.88 bits per heavy atom. The lowest BCUT2D eigenvalue weighted by Crippen LogP contribution is -2.58. The van der Waals surface area contributed by atoms with Crippen LogP contribution in [0.15, 0.2) is 60.7 Å². The van der Waals surface area contributed by atoms with Crippen molar-refractivity contribution < 1.29 is 38.6 Å². The van der Waals surface area contributed by atoms with Crippen molar-refractivity contribution in [1.82, 2.24) is 21.3 Å². The van der Waals surface area contributed by atoms with Crippen LogP contribution in [-0.2, 0) is 35.3 Å². The molecule has 0 aliphatic rings. The summed E-state index contributed by atoms with van der Waals surface area (Å²) in [5.41, 5.74) is 0.461. The molecule has 48 heavy (non-hydrogen) atoms. The topological polar surface area (TPSA) is 172 Å². The zero-order valence-electron chi connectivity index (χ0n) is 29.2. The van der Waals surface area contributed by atoms with Crippen molar-refractivity contribution in [3.8, 4) is 0 Å². The van der Waals surface area contributed by atoms with Gasteiger partial charge in [-0.05, 0) is 56.6 Å². The lowest BCUT2D eigenvalue weighted by atomic mass is 9.99. The summed E-state index contributed by atoms with van der Waals surface area (Å²) in [7, 11) is 0. The van der Waals surface area contributed by atoms with Gasteiger partial charge in [0, 0.05) is 0 Å². The molecule has 2 aromatic rings. The fraction of sp³-hybridized carbons (Fsp3) is 0.528. The number of hydrogen-bond acceptors (Lipinski definition) is 8. The van der Waals surface area contributed by atoms with Gasteiger partial charge in [0.25, 0.3) is 5.91 Å². The third-order valence-corrected chi connectivity index (χ3v) is 7.25. The van der Waals surface area contributed by atoms with Crippen LogP contribution in [0.5, 0.6) is 0 Å². The minimum absolute atomic E-state index is 0.00686. The molecule has 5 atom stereocenters. The third kappa shape index (κ3) is 13.3. The van der Waals surface area contributed by atoms with Crippen LogP contribution in [0.1, 0.15) is 85.4 Å². The molecule has 0 aliphatic heterocycles. The van der Waals surface area contributed by atoms with Gasteiger partial charge in [0.15, 0.2) is 6.10 Å². The second kappa shape index (κ2) is 18.8. The maximum atomic E-state index is 13.5. The molecule has 2 rings (SSSR count). The Bertz CT molecular complexity index is 1340. The molecule has 4 amide bonds. The molecule has 0 bridgehead atoms. The molecule has 0 spiro atoms. The van der Waals surface area contributed by atoms with E-state index in [1.165, 1.54) is 0 Å². The van der Waals surface area contributed by atoms with Gasteiger partial charge < -0.3 is 35.8 Å². The Morgan fingerprint density at radius 1 is 0.771 bits per heavy atom. The number of rotatable bonds is 16. The van der Waals surface area contributed by atoms with Crippen molar-refractivity contribution >= 4 is 29.8 Å². The van der Waals surface area contributed by atoms with Gasteiger partial charge in [-0.15, -0.1) is 0 Å². The van der Waals surface area contributed by atoms with Crippen molar-refractivity contribution in [3.63, 3.8) is 0 Å². The number of nitrogens with one attached hydrogen (secondary N) is 4. The van der Waals surface area contributed by atoms with E-state index in [0.29, 0.717) is 5.56 Å². The molecule has 12 heteroatoms. The maximum absolute atomic E-state index is 13.5. The minimum Gasteiger partial charge on any atom is -0.458 e. The quantitative estimate of drug-likeness (QED) is 0.168. The van der Waals surface area contributed by atoms with Gasteiger partial charge in [-0.2, -0.15) is 0 Å². The lowest BCUT2D eigenvalue weighted by Gasteiger charge is -2.30. The molecule has 0 heterocycles. The van der Waals surface area contributed by atoms with Crippen LogP contribution in [0.25, 0.3) is 0 Å². The largest absolute Gasteiger partial charge is 0.458 e. The van der Waals surface area contributed by atoms with E-state index in [-0.39, 0.29) is 31.3 Å². The normalized spacial score (nSPS) is 14.6. The molecule has 12 nitrogen and oxygen atoms in total. The molecule has 0 saturated heterocycles. The predicted molar refractivity (Wildman–Crippen MR) is 181 cm³/mol. The number of carbonyl (C=O) groups excluding carboxylic acids is 5.